The van der Waals surface area contributed by atoms with Gasteiger partial charge in [0.05, 0.1) is 0 Å². The molecule has 3 N–H and O–H groups in total. The molecular weight excluding hydrogens is 202 g/mol. The smallest absolute Gasteiger partial charge is 0.238 e. The second-order valence-electron chi connectivity index (χ2n) is 4.98. The van der Waals surface area contributed by atoms with E-state index in [-0.39, 0.29) is 5.91 Å². The van der Waals surface area contributed by atoms with Crippen LogP contribution < -0.4 is 11.1 Å². The van der Waals surface area contributed by atoms with Crippen LogP contribution in [-0.4, -0.2) is 42.0 Å². The molecule has 0 spiro atoms. The number of nitrogens with one attached hydrogen (secondary N) is 1. The molecule has 0 bridgehead atoms. The van der Waals surface area contributed by atoms with Crippen molar-refractivity contribution in [1.29, 1.82) is 0 Å². The Morgan fingerprint density at radius 2 is 2.12 bits per heavy atom. The third-order valence-electron chi connectivity index (χ3n) is 3.17. The standard InChI is InChI=1S/C12H25N3O/c1-4-8-15(5-2)9-12(3,11(13)16)14-10-6-7-10/h10,14H,4-9H2,1-3H3,(H2,13,16). The quantitative estimate of drug-likeness (QED) is 0.642. The van der Waals surface area contributed by atoms with Crippen LogP contribution >= 0.6 is 0 Å². The Kier molecular flexibility index (Phi) is 4.74. The summed E-state index contributed by atoms with van der Waals surface area (Å²) in [5, 5.41) is 3.37. The summed E-state index contributed by atoms with van der Waals surface area (Å²) in [5.41, 5.74) is 4.94. The second-order valence-corrected chi connectivity index (χ2v) is 4.98. The van der Waals surface area contributed by atoms with E-state index in [2.05, 4.69) is 24.1 Å². The van der Waals surface area contributed by atoms with Gasteiger partial charge in [-0.05, 0) is 39.3 Å². The van der Waals surface area contributed by atoms with Gasteiger partial charge in [-0.25, -0.2) is 0 Å². The lowest BCUT2D eigenvalue weighted by atomic mass is 10.0. The molecule has 0 heterocycles. The Morgan fingerprint density at radius 1 is 1.50 bits per heavy atom. The third kappa shape index (κ3) is 3.76. The predicted octanol–water partition coefficient (Wildman–Crippen LogP) is 0.714. The first kappa shape index (κ1) is 13.5. The Bertz CT molecular complexity index is 240. The first-order valence-electron chi connectivity index (χ1n) is 6.31. The first-order valence-corrected chi connectivity index (χ1v) is 6.31. The molecule has 0 radical (unpaired) electrons. The molecule has 1 atom stereocenters. The van der Waals surface area contributed by atoms with Gasteiger partial charge in [0.2, 0.25) is 5.91 Å². The fourth-order valence-corrected chi connectivity index (χ4v) is 1.99. The largest absolute Gasteiger partial charge is 0.368 e. The Labute approximate surface area is 98.6 Å². The number of carbonyl (C=O) groups is 1. The molecule has 0 saturated heterocycles. The van der Waals surface area contributed by atoms with E-state index >= 15 is 0 Å². The summed E-state index contributed by atoms with van der Waals surface area (Å²) in [7, 11) is 0. The van der Waals surface area contributed by atoms with E-state index in [9.17, 15) is 4.79 Å². The molecule has 0 aromatic heterocycles. The van der Waals surface area contributed by atoms with Gasteiger partial charge in [0.1, 0.15) is 5.54 Å². The predicted molar refractivity (Wildman–Crippen MR) is 66.2 cm³/mol. The van der Waals surface area contributed by atoms with Crippen molar-refractivity contribution in [2.45, 2.75) is 51.6 Å². The summed E-state index contributed by atoms with van der Waals surface area (Å²) in [5.74, 6) is -0.242. The highest BCUT2D eigenvalue weighted by atomic mass is 16.1. The van der Waals surface area contributed by atoms with E-state index in [0.717, 1.165) is 19.5 Å². The zero-order chi connectivity index (χ0) is 12.2. The van der Waals surface area contributed by atoms with Crippen molar-refractivity contribution < 1.29 is 4.79 Å². The van der Waals surface area contributed by atoms with Crippen LogP contribution in [0.2, 0.25) is 0 Å². The summed E-state index contributed by atoms with van der Waals surface area (Å²) < 4.78 is 0. The number of carbonyl (C=O) groups excluding carboxylic acids is 1. The number of hydrogen-bond acceptors (Lipinski definition) is 3. The molecule has 0 aromatic carbocycles. The molecule has 1 unspecified atom stereocenters. The van der Waals surface area contributed by atoms with Gasteiger partial charge in [-0.15, -0.1) is 0 Å². The first-order chi connectivity index (χ1) is 7.51. The average molecular weight is 227 g/mol. The molecule has 1 amide bonds. The van der Waals surface area contributed by atoms with E-state index in [0.29, 0.717) is 12.6 Å². The summed E-state index contributed by atoms with van der Waals surface area (Å²) in [4.78, 5) is 13.9. The molecule has 16 heavy (non-hydrogen) atoms. The van der Waals surface area contributed by atoms with E-state index in [1.807, 2.05) is 6.92 Å². The highest BCUT2D eigenvalue weighted by Crippen LogP contribution is 2.23. The van der Waals surface area contributed by atoms with Crippen molar-refractivity contribution in [3.05, 3.63) is 0 Å². The van der Waals surface area contributed by atoms with Crippen LogP contribution in [0, 0.1) is 0 Å². The maximum Gasteiger partial charge on any atom is 0.238 e. The van der Waals surface area contributed by atoms with Crippen LogP contribution in [-0.2, 0) is 4.79 Å². The van der Waals surface area contributed by atoms with Gasteiger partial charge in [-0.1, -0.05) is 13.8 Å². The van der Waals surface area contributed by atoms with Gasteiger partial charge in [-0.2, -0.15) is 0 Å². The number of nitrogens with two attached hydrogens (primary N) is 1. The lowest BCUT2D eigenvalue weighted by Gasteiger charge is -2.33. The van der Waals surface area contributed by atoms with Crippen molar-refractivity contribution in [3.63, 3.8) is 0 Å². The minimum absolute atomic E-state index is 0.242. The number of rotatable bonds is 8. The van der Waals surface area contributed by atoms with E-state index < -0.39 is 5.54 Å². The maximum absolute atomic E-state index is 11.6. The Morgan fingerprint density at radius 3 is 2.50 bits per heavy atom. The van der Waals surface area contributed by atoms with Crippen LogP contribution in [0.4, 0.5) is 0 Å². The van der Waals surface area contributed by atoms with Crippen molar-refractivity contribution in [2.75, 3.05) is 19.6 Å². The number of amides is 1. The molecule has 4 heteroatoms. The summed E-state index contributed by atoms with van der Waals surface area (Å²) in [6, 6.07) is 0.498. The molecule has 0 aliphatic heterocycles. The molecular formula is C12H25N3O. The highest BCUT2D eigenvalue weighted by molar-refractivity contribution is 5.84. The molecule has 0 aromatic rings. The lowest BCUT2D eigenvalue weighted by Crippen LogP contribution is -2.60. The van der Waals surface area contributed by atoms with Crippen LogP contribution in [0.15, 0.2) is 0 Å². The normalized spacial score (nSPS) is 19.8. The molecule has 1 aliphatic carbocycles. The third-order valence-corrected chi connectivity index (χ3v) is 3.17. The van der Waals surface area contributed by atoms with Gasteiger partial charge >= 0.3 is 0 Å². The molecule has 94 valence electrons. The van der Waals surface area contributed by atoms with E-state index in [4.69, 9.17) is 5.73 Å². The maximum atomic E-state index is 11.6. The number of likely N-dealkylation sites (N-methyl/N-ethyl adjacent to an activating group) is 1. The van der Waals surface area contributed by atoms with Crippen molar-refractivity contribution in [1.82, 2.24) is 10.2 Å². The van der Waals surface area contributed by atoms with Crippen LogP contribution in [0.25, 0.3) is 0 Å². The minimum atomic E-state index is -0.577. The van der Waals surface area contributed by atoms with E-state index in [1.54, 1.807) is 0 Å². The SMILES string of the molecule is CCCN(CC)CC(C)(NC1CC1)C(N)=O. The van der Waals surface area contributed by atoms with E-state index in [1.165, 1.54) is 12.8 Å². The van der Waals surface area contributed by atoms with Crippen LogP contribution in [0.1, 0.15) is 40.0 Å². The average Bonchev–Trinajstić information content (AvgIpc) is 3.00. The van der Waals surface area contributed by atoms with Gasteiger partial charge in [0, 0.05) is 12.6 Å². The van der Waals surface area contributed by atoms with Crippen LogP contribution in [0.3, 0.4) is 0 Å². The molecule has 1 saturated carbocycles. The van der Waals surface area contributed by atoms with Gasteiger partial charge in [0.15, 0.2) is 0 Å². The lowest BCUT2D eigenvalue weighted by molar-refractivity contribution is -0.124. The zero-order valence-corrected chi connectivity index (χ0v) is 10.8. The van der Waals surface area contributed by atoms with Crippen molar-refractivity contribution >= 4 is 5.91 Å². The Balaban J connectivity index is 2.56. The second kappa shape index (κ2) is 5.64. The fraction of sp³-hybridized carbons (Fsp3) is 0.917. The zero-order valence-electron chi connectivity index (χ0n) is 10.8. The summed E-state index contributed by atoms with van der Waals surface area (Å²) >= 11 is 0. The molecule has 1 fully saturated rings. The van der Waals surface area contributed by atoms with Crippen molar-refractivity contribution in [2.24, 2.45) is 5.73 Å². The molecule has 1 aliphatic rings. The summed E-state index contributed by atoms with van der Waals surface area (Å²) in [6.45, 7) is 8.89. The molecule has 1 rings (SSSR count). The summed E-state index contributed by atoms with van der Waals surface area (Å²) in [6.07, 6.45) is 3.44. The number of hydrogen-bond donors (Lipinski definition) is 2. The number of nitrogens with zero attached hydrogens (tertiary/aromatic N) is 1. The van der Waals surface area contributed by atoms with Crippen LogP contribution in [0.5, 0.6) is 0 Å². The van der Waals surface area contributed by atoms with Gasteiger partial charge in [-0.3, -0.25) is 10.1 Å². The number of primary amides is 1. The van der Waals surface area contributed by atoms with Gasteiger partial charge in [0.25, 0.3) is 0 Å². The van der Waals surface area contributed by atoms with Crippen molar-refractivity contribution in [3.8, 4) is 0 Å². The topological polar surface area (TPSA) is 58.4 Å². The Hall–Kier alpha value is -0.610. The molecule has 4 nitrogen and oxygen atoms in total. The minimum Gasteiger partial charge on any atom is -0.368 e. The fourth-order valence-electron chi connectivity index (χ4n) is 1.99. The monoisotopic (exact) mass is 227 g/mol. The highest BCUT2D eigenvalue weighted by Gasteiger charge is 2.37. The van der Waals surface area contributed by atoms with Gasteiger partial charge < -0.3 is 10.6 Å².